The van der Waals surface area contributed by atoms with Crippen LogP contribution in [-0.4, -0.2) is 26.2 Å². The highest BCUT2D eigenvalue weighted by Gasteiger charge is 2.18. The molecule has 0 fully saturated rings. The second-order valence-electron chi connectivity index (χ2n) is 6.49. The van der Waals surface area contributed by atoms with Crippen molar-refractivity contribution in [1.82, 2.24) is 14.4 Å². The van der Waals surface area contributed by atoms with Gasteiger partial charge in [0.2, 0.25) is 0 Å². The molecule has 0 unspecified atom stereocenters. The summed E-state index contributed by atoms with van der Waals surface area (Å²) in [5, 5.41) is 0. The molecular weight excluding hydrogens is 322 g/mol. The molecule has 0 spiro atoms. The summed E-state index contributed by atoms with van der Waals surface area (Å²) in [7, 11) is 1.67. The van der Waals surface area contributed by atoms with E-state index in [9.17, 15) is 0 Å². The number of hydrogen-bond acceptors (Lipinski definition) is 6. The number of pyridine rings is 2. The maximum absolute atomic E-state index is 5.89. The van der Waals surface area contributed by atoms with E-state index in [1.807, 2.05) is 22.7 Å². The van der Waals surface area contributed by atoms with Gasteiger partial charge < -0.3 is 16.2 Å². The van der Waals surface area contributed by atoms with Gasteiger partial charge >= 0.3 is 0 Å². The average molecular weight is 343 g/mol. The van der Waals surface area contributed by atoms with Crippen molar-refractivity contribution in [3.05, 3.63) is 30.7 Å². The highest BCUT2D eigenvalue weighted by Crippen LogP contribution is 2.39. The molecule has 0 bridgehead atoms. The van der Waals surface area contributed by atoms with E-state index in [0.717, 1.165) is 27.5 Å². The first-order chi connectivity index (χ1) is 11.3. The second kappa shape index (κ2) is 5.90. The van der Waals surface area contributed by atoms with Gasteiger partial charge in [-0.25, -0.2) is 9.97 Å². The monoisotopic (exact) mass is 343 g/mol. The molecule has 4 N–H and O–H groups in total. The van der Waals surface area contributed by atoms with E-state index in [1.165, 1.54) is 0 Å². The summed E-state index contributed by atoms with van der Waals surface area (Å²) in [4.78, 5) is 9.66. The largest absolute Gasteiger partial charge is 0.495 e. The first-order valence-electron chi connectivity index (χ1n) is 7.54. The fraction of sp³-hybridized carbons (Fsp3) is 0.294. The number of ether oxygens (including phenoxy) is 1. The zero-order chi connectivity index (χ0) is 17.5. The second-order valence-corrected chi connectivity index (χ2v) is 8.36. The third-order valence-corrected chi connectivity index (χ3v) is 4.60. The first kappa shape index (κ1) is 16.4. The van der Waals surface area contributed by atoms with Crippen LogP contribution in [0.5, 0.6) is 5.75 Å². The van der Waals surface area contributed by atoms with Crippen molar-refractivity contribution in [3.63, 3.8) is 0 Å². The fourth-order valence-corrected chi connectivity index (χ4v) is 3.46. The van der Waals surface area contributed by atoms with E-state index >= 15 is 0 Å². The van der Waals surface area contributed by atoms with Crippen LogP contribution in [0, 0.1) is 0 Å². The Balaban J connectivity index is 2.16. The van der Waals surface area contributed by atoms with E-state index in [0.29, 0.717) is 11.5 Å². The highest BCUT2D eigenvalue weighted by atomic mass is 32.2. The Morgan fingerprint density at radius 1 is 1.12 bits per heavy atom. The number of fused-ring (bicyclic) bond motifs is 1. The average Bonchev–Trinajstić information content (AvgIpc) is 2.90. The molecule has 24 heavy (non-hydrogen) atoms. The number of thioether (sulfide) groups is 1. The molecule has 7 heteroatoms. The molecule has 3 heterocycles. The number of nitrogens with zero attached hydrogens (tertiary/aromatic N) is 3. The summed E-state index contributed by atoms with van der Waals surface area (Å²) < 4.78 is 7.61. The summed E-state index contributed by atoms with van der Waals surface area (Å²) in [5.74, 6) is 1.15. The highest BCUT2D eigenvalue weighted by molar-refractivity contribution is 8.00. The van der Waals surface area contributed by atoms with Crippen LogP contribution < -0.4 is 16.2 Å². The van der Waals surface area contributed by atoms with Gasteiger partial charge in [-0.3, -0.25) is 4.40 Å². The molecule has 3 rings (SSSR count). The quantitative estimate of drug-likeness (QED) is 0.708. The van der Waals surface area contributed by atoms with Gasteiger partial charge in [0.1, 0.15) is 17.2 Å². The summed E-state index contributed by atoms with van der Waals surface area (Å²) in [6, 6.07) is 3.75. The molecule has 0 radical (unpaired) electrons. The number of methoxy groups -OCH3 is 1. The van der Waals surface area contributed by atoms with Crippen LogP contribution in [0.1, 0.15) is 20.8 Å². The standard InChI is InChI=1S/C17H21N5OS/c1-17(2,3)24-14-9-22-12(8-20-15(22)6-13(14)23-4)10-5-11(18)16(19)21-7-10/h5-9H,18H2,1-4H3,(H2,19,21). The van der Waals surface area contributed by atoms with Crippen LogP contribution in [-0.2, 0) is 0 Å². The van der Waals surface area contributed by atoms with Crippen molar-refractivity contribution in [3.8, 4) is 17.0 Å². The Bertz CT molecular complexity index is 898. The normalized spacial score (nSPS) is 11.8. The maximum atomic E-state index is 5.89. The topological polar surface area (TPSA) is 91.5 Å². The van der Waals surface area contributed by atoms with Gasteiger partial charge in [0.05, 0.1) is 29.6 Å². The molecule has 0 saturated carbocycles. The van der Waals surface area contributed by atoms with Gasteiger partial charge in [0.15, 0.2) is 0 Å². The molecule has 6 nitrogen and oxygen atoms in total. The molecule has 3 aromatic heterocycles. The van der Waals surface area contributed by atoms with Crippen molar-refractivity contribution in [1.29, 1.82) is 0 Å². The minimum Gasteiger partial charge on any atom is -0.495 e. The van der Waals surface area contributed by atoms with Crippen LogP contribution in [0.15, 0.2) is 35.6 Å². The Kier molecular flexibility index (Phi) is 4.04. The van der Waals surface area contributed by atoms with E-state index in [4.69, 9.17) is 16.2 Å². The number of imidazole rings is 1. The third-order valence-electron chi connectivity index (χ3n) is 3.46. The molecule has 0 aliphatic rings. The van der Waals surface area contributed by atoms with Crippen molar-refractivity contribution in [2.24, 2.45) is 0 Å². The minimum atomic E-state index is 0.0644. The molecule has 0 saturated heterocycles. The molecule has 0 aliphatic carbocycles. The van der Waals surface area contributed by atoms with E-state index in [2.05, 4.69) is 30.7 Å². The maximum Gasteiger partial charge on any atom is 0.146 e. The van der Waals surface area contributed by atoms with Gasteiger partial charge in [-0.05, 0) is 6.07 Å². The van der Waals surface area contributed by atoms with Crippen molar-refractivity contribution in [2.75, 3.05) is 18.6 Å². The zero-order valence-corrected chi connectivity index (χ0v) is 15.0. The van der Waals surface area contributed by atoms with Crippen molar-refractivity contribution in [2.45, 2.75) is 30.4 Å². The number of nitrogens with two attached hydrogens (primary N) is 2. The summed E-state index contributed by atoms with van der Waals surface area (Å²) in [5.41, 5.74) is 14.6. The van der Waals surface area contributed by atoms with Gasteiger partial charge in [-0.15, -0.1) is 11.8 Å². The molecular formula is C17H21N5OS. The number of rotatable bonds is 3. The molecule has 0 aromatic carbocycles. The zero-order valence-electron chi connectivity index (χ0n) is 14.2. The number of nitrogen functional groups attached to an aromatic ring is 2. The molecule has 126 valence electrons. The van der Waals surface area contributed by atoms with Gasteiger partial charge in [0, 0.05) is 28.8 Å². The molecule has 0 amide bonds. The Morgan fingerprint density at radius 3 is 2.50 bits per heavy atom. The van der Waals surface area contributed by atoms with Crippen LogP contribution in [0.4, 0.5) is 11.5 Å². The lowest BCUT2D eigenvalue weighted by molar-refractivity contribution is 0.404. The Hall–Kier alpha value is -2.41. The third kappa shape index (κ3) is 3.12. The van der Waals surface area contributed by atoms with Gasteiger partial charge in [-0.1, -0.05) is 20.8 Å². The Morgan fingerprint density at radius 2 is 1.88 bits per heavy atom. The van der Waals surface area contributed by atoms with Crippen molar-refractivity contribution >= 4 is 28.9 Å². The first-order valence-corrected chi connectivity index (χ1v) is 8.35. The molecule has 0 atom stereocenters. The van der Waals surface area contributed by atoms with Crippen LogP contribution >= 0.6 is 11.8 Å². The smallest absolute Gasteiger partial charge is 0.146 e. The summed E-state index contributed by atoms with van der Waals surface area (Å²) >= 11 is 1.75. The number of hydrogen-bond donors (Lipinski definition) is 2. The lowest BCUT2D eigenvalue weighted by Gasteiger charge is -2.19. The molecule has 0 aliphatic heterocycles. The van der Waals surface area contributed by atoms with Crippen LogP contribution in [0.2, 0.25) is 0 Å². The van der Waals surface area contributed by atoms with E-state index in [-0.39, 0.29) is 4.75 Å². The SMILES string of the molecule is COc1cc2ncc(-c3cnc(N)c(N)c3)n2cc1SC(C)(C)C. The molecule has 3 aromatic rings. The van der Waals surface area contributed by atoms with Gasteiger partial charge in [-0.2, -0.15) is 0 Å². The van der Waals surface area contributed by atoms with Crippen molar-refractivity contribution < 1.29 is 4.74 Å². The number of anilines is 2. The van der Waals surface area contributed by atoms with Crippen LogP contribution in [0.3, 0.4) is 0 Å². The predicted molar refractivity (Wildman–Crippen MR) is 99.4 cm³/mol. The van der Waals surface area contributed by atoms with Gasteiger partial charge in [0.25, 0.3) is 0 Å². The van der Waals surface area contributed by atoms with E-state index in [1.54, 1.807) is 31.3 Å². The van der Waals surface area contributed by atoms with Crippen LogP contribution in [0.25, 0.3) is 16.9 Å². The van der Waals surface area contributed by atoms with E-state index < -0.39 is 0 Å². The minimum absolute atomic E-state index is 0.0644. The lowest BCUT2D eigenvalue weighted by atomic mass is 10.2. The fourth-order valence-electron chi connectivity index (χ4n) is 2.40. The Labute approximate surface area is 145 Å². The summed E-state index contributed by atoms with van der Waals surface area (Å²) in [6.45, 7) is 6.50. The summed E-state index contributed by atoms with van der Waals surface area (Å²) in [6.07, 6.45) is 5.54. The number of aromatic nitrogens is 3. The lowest BCUT2D eigenvalue weighted by Crippen LogP contribution is -2.07. The predicted octanol–water partition coefficient (Wildman–Crippen LogP) is 3.46.